The number of benzene rings is 6. The van der Waals surface area contributed by atoms with Gasteiger partial charge in [0.1, 0.15) is 17.2 Å². The van der Waals surface area contributed by atoms with E-state index in [1.807, 2.05) is 60.7 Å². The van der Waals surface area contributed by atoms with Crippen LogP contribution in [-0.4, -0.2) is 9.13 Å². The van der Waals surface area contributed by atoms with Gasteiger partial charge in [0.05, 0.1) is 39.0 Å². The van der Waals surface area contributed by atoms with Crippen LogP contribution in [-0.2, 0) is 17.0 Å². The van der Waals surface area contributed by atoms with E-state index in [1.54, 1.807) is 33.4 Å². The number of hydrogen-bond donors (Lipinski definition) is 0. The zero-order chi connectivity index (χ0) is 36.9. The van der Waals surface area contributed by atoms with Crippen molar-refractivity contribution in [1.82, 2.24) is 9.13 Å². The quantitative estimate of drug-likeness (QED) is 0.162. The van der Waals surface area contributed by atoms with Gasteiger partial charge in [-0.1, -0.05) is 108 Å². The highest BCUT2D eigenvalue weighted by molar-refractivity contribution is 6.11. The van der Waals surface area contributed by atoms with Gasteiger partial charge in [-0.15, -0.1) is 0 Å². The van der Waals surface area contributed by atoms with Crippen molar-refractivity contribution in [2.75, 3.05) is 0 Å². The van der Waals surface area contributed by atoms with Crippen molar-refractivity contribution in [3.05, 3.63) is 144 Å². The first-order valence-corrected chi connectivity index (χ1v) is 17.3. The first kappa shape index (κ1) is 33.7. The van der Waals surface area contributed by atoms with Crippen molar-refractivity contribution >= 4 is 43.6 Å². The third-order valence-corrected chi connectivity index (χ3v) is 10.2. The van der Waals surface area contributed by atoms with Crippen molar-refractivity contribution < 1.29 is 22.0 Å². The molecule has 8 rings (SSSR count). The van der Waals surface area contributed by atoms with E-state index in [4.69, 9.17) is 0 Å². The van der Waals surface area contributed by atoms with E-state index in [-0.39, 0.29) is 27.8 Å². The zero-order valence-electron chi connectivity index (χ0n) is 29.8. The normalized spacial score (nSPS) is 12.9. The van der Waals surface area contributed by atoms with Crippen LogP contribution < -0.4 is 0 Å². The van der Waals surface area contributed by atoms with Crippen LogP contribution in [0.1, 0.15) is 58.2 Å². The maximum Gasteiger partial charge on any atom is 0.420 e. The van der Waals surface area contributed by atoms with E-state index < -0.39 is 28.9 Å². The Balaban J connectivity index is 1.63. The summed E-state index contributed by atoms with van der Waals surface area (Å²) in [5, 5.41) is 3.07. The SMILES string of the molecule is CC(C)(C)c1ccc2c3ccccc3n(-c3cc(-c4c(F)cccc4F)cc(-n4c5ccccc5c5ccc(C(C)(C)C)cc54)c3C(F)(F)F)c2c1. The molecule has 262 valence electrons. The first-order chi connectivity index (χ1) is 24.5. The minimum atomic E-state index is -4.89. The zero-order valence-corrected chi connectivity index (χ0v) is 29.8. The Kier molecular flexibility index (Phi) is 7.48. The molecule has 0 unspecified atom stereocenters. The highest BCUT2D eigenvalue weighted by Crippen LogP contribution is 2.47. The summed E-state index contributed by atoms with van der Waals surface area (Å²) in [5.74, 6) is -1.74. The molecule has 0 aliphatic rings. The van der Waals surface area contributed by atoms with E-state index in [2.05, 4.69) is 41.5 Å². The molecule has 0 fully saturated rings. The summed E-state index contributed by atoms with van der Waals surface area (Å²) in [6.45, 7) is 12.3. The van der Waals surface area contributed by atoms with E-state index in [1.165, 1.54) is 18.2 Å². The van der Waals surface area contributed by atoms with Crippen molar-refractivity contribution in [1.29, 1.82) is 0 Å². The van der Waals surface area contributed by atoms with Gasteiger partial charge in [0, 0.05) is 21.5 Å². The lowest BCUT2D eigenvalue weighted by Crippen LogP contribution is -2.17. The van der Waals surface area contributed by atoms with Crippen LogP contribution in [0.2, 0.25) is 0 Å². The number of fused-ring (bicyclic) bond motifs is 6. The molecule has 0 bridgehead atoms. The monoisotopic (exact) mass is 700 g/mol. The maximum absolute atomic E-state index is 16.1. The maximum atomic E-state index is 16.1. The second kappa shape index (κ2) is 11.5. The average molecular weight is 701 g/mol. The van der Waals surface area contributed by atoms with Crippen LogP contribution in [0.5, 0.6) is 0 Å². The van der Waals surface area contributed by atoms with Crippen LogP contribution in [0.3, 0.4) is 0 Å². The second-order valence-corrected chi connectivity index (χ2v) is 15.7. The number of alkyl halides is 3. The molecular formula is C45H37F5N2. The molecule has 0 atom stereocenters. The highest BCUT2D eigenvalue weighted by Gasteiger charge is 2.40. The number of nitrogens with zero attached hydrogens (tertiary/aromatic N) is 2. The molecule has 0 aliphatic heterocycles. The molecular weight excluding hydrogens is 663 g/mol. The third-order valence-electron chi connectivity index (χ3n) is 10.2. The Morgan fingerprint density at radius 2 is 0.846 bits per heavy atom. The molecule has 2 heterocycles. The number of para-hydroxylation sites is 2. The molecule has 0 radical (unpaired) electrons. The van der Waals surface area contributed by atoms with Gasteiger partial charge >= 0.3 is 6.18 Å². The van der Waals surface area contributed by atoms with Crippen LogP contribution in [0.15, 0.2) is 115 Å². The third kappa shape index (κ3) is 5.28. The summed E-state index contributed by atoms with van der Waals surface area (Å²) in [5.41, 5.74) is 1.71. The molecule has 0 saturated heterocycles. The minimum Gasteiger partial charge on any atom is -0.309 e. The predicted molar refractivity (Wildman–Crippen MR) is 203 cm³/mol. The molecule has 52 heavy (non-hydrogen) atoms. The molecule has 8 aromatic rings. The largest absolute Gasteiger partial charge is 0.420 e. The Hall–Kier alpha value is -5.43. The van der Waals surface area contributed by atoms with E-state index in [0.717, 1.165) is 44.8 Å². The predicted octanol–water partition coefficient (Wildman–Crippen LogP) is 13.4. The van der Waals surface area contributed by atoms with Gasteiger partial charge in [-0.2, -0.15) is 13.2 Å². The van der Waals surface area contributed by atoms with E-state index in [0.29, 0.717) is 22.1 Å². The fourth-order valence-electron chi connectivity index (χ4n) is 7.57. The van der Waals surface area contributed by atoms with Gasteiger partial charge in [0.25, 0.3) is 0 Å². The van der Waals surface area contributed by atoms with Gasteiger partial charge in [-0.25, -0.2) is 8.78 Å². The van der Waals surface area contributed by atoms with Gasteiger partial charge in [-0.05, 0) is 76.1 Å². The number of halogens is 5. The standard InChI is InChI=1S/C45H37F5N2/c1-43(2,3)27-18-20-31-29-12-7-9-16-35(29)51(37(31)24-27)39-22-26(41-33(46)14-11-15-34(41)47)23-40(42(39)45(48,49)50)52-36-17-10-8-13-30(36)32-21-19-28(25-38(32)52)44(4,5)6/h7-25H,1-6H3. The smallest absolute Gasteiger partial charge is 0.309 e. The van der Waals surface area contributed by atoms with Gasteiger partial charge in [0.2, 0.25) is 0 Å². The van der Waals surface area contributed by atoms with Crippen molar-refractivity contribution in [3.8, 4) is 22.5 Å². The Bertz CT molecular complexity index is 2540. The highest BCUT2D eigenvalue weighted by atomic mass is 19.4. The molecule has 2 aromatic heterocycles. The molecule has 0 aliphatic carbocycles. The molecule has 6 aromatic carbocycles. The molecule has 0 amide bonds. The second-order valence-electron chi connectivity index (χ2n) is 15.7. The fraction of sp³-hybridized carbons (Fsp3) is 0.200. The van der Waals surface area contributed by atoms with Crippen molar-refractivity contribution in [2.45, 2.75) is 58.5 Å². The lowest BCUT2D eigenvalue weighted by atomic mass is 9.86. The summed E-state index contributed by atoms with van der Waals surface area (Å²) in [4.78, 5) is 0. The summed E-state index contributed by atoms with van der Waals surface area (Å²) in [7, 11) is 0. The summed E-state index contributed by atoms with van der Waals surface area (Å²) in [6, 6.07) is 32.5. The average Bonchev–Trinajstić information content (AvgIpc) is 3.59. The lowest BCUT2D eigenvalue weighted by molar-refractivity contribution is -0.137. The number of rotatable bonds is 3. The molecule has 2 nitrogen and oxygen atoms in total. The summed E-state index contributed by atoms with van der Waals surface area (Å²) >= 11 is 0. The van der Waals surface area contributed by atoms with Crippen LogP contribution in [0, 0.1) is 11.6 Å². The molecule has 0 spiro atoms. The molecule has 7 heteroatoms. The molecule has 0 saturated carbocycles. The fourth-order valence-corrected chi connectivity index (χ4v) is 7.57. The van der Waals surface area contributed by atoms with Gasteiger partial charge < -0.3 is 9.13 Å². The minimum absolute atomic E-state index is 0.00980. The van der Waals surface area contributed by atoms with E-state index in [9.17, 15) is 0 Å². The van der Waals surface area contributed by atoms with Crippen LogP contribution >= 0.6 is 0 Å². The van der Waals surface area contributed by atoms with Crippen molar-refractivity contribution in [2.24, 2.45) is 0 Å². The van der Waals surface area contributed by atoms with E-state index >= 15 is 22.0 Å². The summed E-state index contributed by atoms with van der Waals surface area (Å²) < 4.78 is 83.1. The molecule has 0 N–H and O–H groups in total. The first-order valence-electron chi connectivity index (χ1n) is 17.3. The lowest BCUT2D eigenvalue weighted by Gasteiger charge is -2.24. The Morgan fingerprint density at radius 3 is 1.25 bits per heavy atom. The van der Waals surface area contributed by atoms with Gasteiger partial charge in [-0.3, -0.25) is 0 Å². The van der Waals surface area contributed by atoms with Gasteiger partial charge in [0.15, 0.2) is 0 Å². The number of hydrogen-bond acceptors (Lipinski definition) is 0. The summed E-state index contributed by atoms with van der Waals surface area (Å²) in [6.07, 6.45) is -4.89. The topological polar surface area (TPSA) is 9.86 Å². The van der Waals surface area contributed by atoms with Crippen LogP contribution in [0.25, 0.3) is 66.1 Å². The number of aromatic nitrogens is 2. The Morgan fingerprint density at radius 1 is 0.442 bits per heavy atom. The Labute approximate surface area is 298 Å². The van der Waals surface area contributed by atoms with Crippen molar-refractivity contribution in [3.63, 3.8) is 0 Å². The van der Waals surface area contributed by atoms with Crippen LogP contribution in [0.4, 0.5) is 22.0 Å².